The van der Waals surface area contributed by atoms with E-state index in [0.29, 0.717) is 12.2 Å². The van der Waals surface area contributed by atoms with E-state index in [2.05, 4.69) is 10.4 Å². The predicted octanol–water partition coefficient (Wildman–Crippen LogP) is 3.49. The monoisotopic (exact) mass is 474 g/mol. The molecule has 0 aliphatic carbocycles. The highest BCUT2D eigenvalue weighted by Gasteiger charge is 2.36. The number of carbonyl (C=O) groups is 4. The zero-order chi connectivity index (χ0) is 25.1. The van der Waals surface area contributed by atoms with Crippen molar-refractivity contribution in [3.8, 4) is 0 Å². The first-order valence-electron chi connectivity index (χ1n) is 11.4. The molecule has 0 spiro atoms. The fourth-order valence-electron chi connectivity index (χ4n) is 3.84. The van der Waals surface area contributed by atoms with E-state index in [1.54, 1.807) is 16.9 Å². The van der Waals surface area contributed by atoms with E-state index in [0.717, 1.165) is 5.56 Å². The quantitative estimate of drug-likeness (QED) is 0.395. The summed E-state index contributed by atoms with van der Waals surface area (Å²) in [6.07, 6.45) is 1.01. The lowest BCUT2D eigenvalue weighted by Crippen LogP contribution is -2.31. The zero-order valence-corrected chi connectivity index (χ0v) is 19.7. The number of nitrogens with zero attached hydrogens (tertiary/aromatic N) is 3. The Balaban J connectivity index is 1.41. The Morgan fingerprint density at radius 2 is 1.69 bits per heavy atom. The van der Waals surface area contributed by atoms with Gasteiger partial charge in [-0.1, -0.05) is 30.3 Å². The third kappa shape index (κ3) is 4.98. The van der Waals surface area contributed by atoms with Crippen LogP contribution in [0.25, 0.3) is 0 Å². The van der Waals surface area contributed by atoms with Gasteiger partial charge in [-0.25, -0.2) is 9.48 Å². The van der Waals surface area contributed by atoms with E-state index >= 15 is 0 Å². The van der Waals surface area contributed by atoms with Gasteiger partial charge in [0.2, 0.25) is 0 Å². The Bertz CT molecular complexity index is 1280. The molecule has 1 aliphatic heterocycles. The molecule has 0 fully saturated rings. The summed E-state index contributed by atoms with van der Waals surface area (Å²) in [5.41, 5.74) is 1.49. The van der Waals surface area contributed by atoms with Crippen LogP contribution in [-0.2, 0) is 16.0 Å². The molecule has 0 saturated carbocycles. The number of anilines is 1. The minimum absolute atomic E-state index is 0.0390. The summed E-state index contributed by atoms with van der Waals surface area (Å²) in [4.78, 5) is 52.0. The van der Waals surface area contributed by atoms with Crippen LogP contribution in [0.2, 0.25) is 0 Å². The number of nitrogens with one attached hydrogen (secondary N) is 1. The number of imide groups is 1. The molecule has 1 aromatic heterocycles. The fraction of sp³-hybridized carbons (Fsp3) is 0.269. The molecule has 0 saturated heterocycles. The number of fused-ring (bicyclic) bond motifs is 1. The van der Waals surface area contributed by atoms with Crippen molar-refractivity contribution < 1.29 is 23.9 Å². The first kappa shape index (κ1) is 23.9. The maximum atomic E-state index is 12.9. The SMILES string of the molecule is CC(C)n1nccc1NC(=O)[C@H](C)OC(=O)c1ccc2c(c1)C(=O)N(CCc1ccccc1)C2=O. The minimum Gasteiger partial charge on any atom is -0.449 e. The normalized spacial score (nSPS) is 13.7. The summed E-state index contributed by atoms with van der Waals surface area (Å²) < 4.78 is 6.95. The van der Waals surface area contributed by atoms with Gasteiger partial charge in [0, 0.05) is 18.7 Å². The van der Waals surface area contributed by atoms with Crippen LogP contribution in [-0.4, -0.2) is 51.0 Å². The van der Waals surface area contributed by atoms with E-state index in [9.17, 15) is 19.2 Å². The summed E-state index contributed by atoms with van der Waals surface area (Å²) in [6.45, 7) is 5.54. The Morgan fingerprint density at radius 1 is 0.971 bits per heavy atom. The van der Waals surface area contributed by atoms with Crippen molar-refractivity contribution in [1.29, 1.82) is 0 Å². The van der Waals surface area contributed by atoms with E-state index in [1.165, 1.54) is 30.0 Å². The number of rotatable bonds is 8. The minimum atomic E-state index is -1.09. The van der Waals surface area contributed by atoms with Crippen LogP contribution in [0, 0.1) is 0 Å². The maximum Gasteiger partial charge on any atom is 0.338 e. The van der Waals surface area contributed by atoms with Gasteiger partial charge in [-0.3, -0.25) is 19.3 Å². The molecule has 180 valence electrons. The molecule has 0 radical (unpaired) electrons. The highest BCUT2D eigenvalue weighted by molar-refractivity contribution is 6.22. The lowest BCUT2D eigenvalue weighted by molar-refractivity contribution is -0.123. The van der Waals surface area contributed by atoms with E-state index in [-0.39, 0.29) is 29.3 Å². The summed E-state index contributed by atoms with van der Waals surface area (Å²) in [5.74, 6) is -1.64. The Morgan fingerprint density at radius 3 is 2.40 bits per heavy atom. The van der Waals surface area contributed by atoms with Crippen LogP contribution >= 0.6 is 0 Å². The molecule has 1 N–H and O–H groups in total. The second-order valence-electron chi connectivity index (χ2n) is 8.55. The van der Waals surface area contributed by atoms with Gasteiger partial charge in [0.15, 0.2) is 6.10 Å². The largest absolute Gasteiger partial charge is 0.449 e. The average molecular weight is 475 g/mol. The second kappa shape index (κ2) is 9.92. The molecule has 35 heavy (non-hydrogen) atoms. The van der Waals surface area contributed by atoms with Crippen molar-refractivity contribution in [1.82, 2.24) is 14.7 Å². The number of hydrogen-bond acceptors (Lipinski definition) is 6. The van der Waals surface area contributed by atoms with Gasteiger partial charge in [-0.2, -0.15) is 5.10 Å². The molecule has 9 heteroatoms. The van der Waals surface area contributed by atoms with Crippen LogP contribution in [0.4, 0.5) is 5.82 Å². The van der Waals surface area contributed by atoms with Gasteiger partial charge in [-0.15, -0.1) is 0 Å². The molecule has 4 rings (SSSR count). The number of carbonyl (C=O) groups excluding carboxylic acids is 4. The number of hydrogen-bond donors (Lipinski definition) is 1. The third-order valence-electron chi connectivity index (χ3n) is 5.74. The number of benzene rings is 2. The van der Waals surface area contributed by atoms with Crippen molar-refractivity contribution in [3.05, 3.63) is 83.0 Å². The Kier molecular flexibility index (Phi) is 6.77. The fourth-order valence-corrected chi connectivity index (χ4v) is 3.84. The van der Waals surface area contributed by atoms with Crippen molar-refractivity contribution >= 4 is 29.5 Å². The summed E-state index contributed by atoms with van der Waals surface area (Å²) in [6, 6.07) is 15.5. The number of ether oxygens (including phenoxy) is 1. The van der Waals surface area contributed by atoms with Crippen molar-refractivity contribution in [2.75, 3.05) is 11.9 Å². The lowest BCUT2D eigenvalue weighted by atomic mass is 10.1. The summed E-state index contributed by atoms with van der Waals surface area (Å²) in [7, 11) is 0. The maximum absolute atomic E-state index is 12.9. The second-order valence-corrected chi connectivity index (χ2v) is 8.55. The zero-order valence-electron chi connectivity index (χ0n) is 19.7. The smallest absolute Gasteiger partial charge is 0.338 e. The van der Waals surface area contributed by atoms with Gasteiger partial charge in [0.25, 0.3) is 17.7 Å². The van der Waals surface area contributed by atoms with Gasteiger partial charge >= 0.3 is 5.97 Å². The van der Waals surface area contributed by atoms with E-state index in [1.807, 2.05) is 44.2 Å². The number of amides is 3. The molecule has 0 bridgehead atoms. The summed E-state index contributed by atoms with van der Waals surface area (Å²) in [5, 5.41) is 6.85. The molecular formula is C26H26N4O5. The van der Waals surface area contributed by atoms with Crippen LogP contribution in [0.1, 0.15) is 63.5 Å². The molecule has 3 aromatic rings. The molecule has 2 aromatic carbocycles. The lowest BCUT2D eigenvalue weighted by Gasteiger charge is -2.16. The number of esters is 1. The number of aromatic nitrogens is 2. The topological polar surface area (TPSA) is 111 Å². The van der Waals surface area contributed by atoms with Crippen molar-refractivity contribution in [2.24, 2.45) is 0 Å². The highest BCUT2D eigenvalue weighted by atomic mass is 16.5. The van der Waals surface area contributed by atoms with Crippen molar-refractivity contribution in [3.63, 3.8) is 0 Å². The molecule has 9 nitrogen and oxygen atoms in total. The van der Waals surface area contributed by atoms with E-state index < -0.39 is 29.8 Å². The molecule has 1 aliphatic rings. The van der Waals surface area contributed by atoms with Crippen LogP contribution in [0.3, 0.4) is 0 Å². The van der Waals surface area contributed by atoms with Crippen LogP contribution in [0.5, 0.6) is 0 Å². The van der Waals surface area contributed by atoms with E-state index in [4.69, 9.17) is 4.74 Å². The predicted molar refractivity (Wildman–Crippen MR) is 128 cm³/mol. The Labute approximate surface area is 202 Å². The van der Waals surface area contributed by atoms with Gasteiger partial charge in [-0.05, 0) is 51.0 Å². The third-order valence-corrected chi connectivity index (χ3v) is 5.74. The van der Waals surface area contributed by atoms with Gasteiger partial charge < -0.3 is 10.1 Å². The first-order valence-corrected chi connectivity index (χ1v) is 11.4. The van der Waals surface area contributed by atoms with Gasteiger partial charge in [0.1, 0.15) is 5.82 Å². The average Bonchev–Trinajstić information content (AvgIpc) is 3.41. The van der Waals surface area contributed by atoms with Crippen LogP contribution < -0.4 is 5.32 Å². The molecule has 0 unspecified atom stereocenters. The van der Waals surface area contributed by atoms with Crippen LogP contribution in [0.15, 0.2) is 60.8 Å². The first-order chi connectivity index (χ1) is 16.8. The van der Waals surface area contributed by atoms with Gasteiger partial charge in [0.05, 0.1) is 22.9 Å². The Hall–Kier alpha value is -4.27. The van der Waals surface area contributed by atoms with Crippen molar-refractivity contribution in [2.45, 2.75) is 39.3 Å². The highest BCUT2D eigenvalue weighted by Crippen LogP contribution is 2.25. The standard InChI is InChI=1S/C26H26N4O5/c1-16(2)30-22(11-13-27-30)28-23(31)17(3)35-26(34)19-9-10-20-21(15-19)25(33)29(24(20)32)14-12-18-7-5-4-6-8-18/h4-11,13,15-17H,12,14H2,1-3H3,(H,28,31)/t17-/m0/s1. The molecule has 1 atom stereocenters. The molecule has 2 heterocycles. The summed E-state index contributed by atoms with van der Waals surface area (Å²) >= 11 is 0. The molecule has 3 amide bonds. The molecular weight excluding hydrogens is 448 g/mol.